The molecule has 1 aromatic carbocycles. The van der Waals surface area contributed by atoms with Crippen molar-refractivity contribution >= 4 is 27.3 Å². The zero-order valence-corrected chi connectivity index (χ0v) is 11.6. The molecule has 0 amide bonds. The molecule has 90 valence electrons. The van der Waals surface area contributed by atoms with Crippen LogP contribution in [0.5, 0.6) is 0 Å². The fourth-order valence-electron chi connectivity index (χ4n) is 1.66. The van der Waals surface area contributed by atoms with E-state index in [9.17, 15) is 9.50 Å². The molecule has 0 radical (unpaired) electrons. The minimum Gasteiger partial charge on any atom is -0.384 e. The first-order chi connectivity index (χ1) is 7.99. The van der Waals surface area contributed by atoms with Gasteiger partial charge in [-0.25, -0.2) is 9.37 Å². The highest BCUT2D eigenvalue weighted by atomic mass is 79.9. The second-order valence-electron chi connectivity index (χ2n) is 4.05. The number of aliphatic hydroxyl groups is 1. The Labute approximate surface area is 111 Å². The Balaban J connectivity index is 2.23. The summed E-state index contributed by atoms with van der Waals surface area (Å²) >= 11 is 4.70. The van der Waals surface area contributed by atoms with E-state index in [-0.39, 0.29) is 5.82 Å². The fourth-order valence-corrected chi connectivity index (χ4v) is 3.35. The van der Waals surface area contributed by atoms with Gasteiger partial charge in [0.05, 0.1) is 10.4 Å². The molecule has 1 unspecified atom stereocenters. The van der Waals surface area contributed by atoms with Crippen LogP contribution >= 0.6 is 27.3 Å². The molecule has 0 bridgehead atoms. The van der Waals surface area contributed by atoms with E-state index in [1.165, 1.54) is 23.5 Å². The predicted molar refractivity (Wildman–Crippen MR) is 69.5 cm³/mol. The SMILES string of the molecule is CC(O)(Cc1ccc(F)cc1)c1scnc1Br. The lowest BCUT2D eigenvalue weighted by molar-refractivity contribution is 0.0605. The summed E-state index contributed by atoms with van der Waals surface area (Å²) in [5.74, 6) is -0.271. The summed E-state index contributed by atoms with van der Waals surface area (Å²) in [6.07, 6.45) is 0.425. The summed E-state index contributed by atoms with van der Waals surface area (Å²) in [7, 11) is 0. The molecule has 2 nitrogen and oxygen atoms in total. The Hall–Kier alpha value is -0.780. The van der Waals surface area contributed by atoms with Gasteiger partial charge in [-0.1, -0.05) is 12.1 Å². The molecule has 2 rings (SSSR count). The van der Waals surface area contributed by atoms with Crippen molar-refractivity contribution in [3.8, 4) is 0 Å². The quantitative estimate of drug-likeness (QED) is 0.940. The van der Waals surface area contributed by atoms with Gasteiger partial charge in [0.1, 0.15) is 16.0 Å². The van der Waals surface area contributed by atoms with Crippen molar-refractivity contribution in [1.82, 2.24) is 4.98 Å². The van der Waals surface area contributed by atoms with E-state index >= 15 is 0 Å². The Morgan fingerprint density at radius 1 is 1.41 bits per heavy atom. The Kier molecular flexibility index (Phi) is 3.61. The number of benzene rings is 1. The van der Waals surface area contributed by atoms with Gasteiger partial charge in [0.25, 0.3) is 0 Å². The number of thiazole rings is 1. The first-order valence-corrected chi connectivity index (χ1v) is 6.72. The number of hydrogen-bond donors (Lipinski definition) is 1. The summed E-state index contributed by atoms with van der Waals surface area (Å²) in [5.41, 5.74) is 1.56. The lowest BCUT2D eigenvalue weighted by Crippen LogP contribution is -2.23. The maximum absolute atomic E-state index is 12.8. The summed E-state index contributed by atoms with van der Waals surface area (Å²) in [5, 5.41) is 10.4. The Bertz CT molecular complexity index is 509. The average Bonchev–Trinajstić information content (AvgIpc) is 2.68. The summed E-state index contributed by atoms with van der Waals surface area (Å²) in [4.78, 5) is 4.83. The van der Waals surface area contributed by atoms with E-state index in [1.807, 2.05) is 0 Å². The first kappa shape index (κ1) is 12.7. The zero-order chi connectivity index (χ0) is 12.5. The number of rotatable bonds is 3. The van der Waals surface area contributed by atoms with E-state index in [2.05, 4.69) is 20.9 Å². The smallest absolute Gasteiger partial charge is 0.123 e. The molecule has 0 saturated heterocycles. The molecule has 17 heavy (non-hydrogen) atoms. The number of aromatic nitrogens is 1. The van der Waals surface area contributed by atoms with Crippen LogP contribution in [0.3, 0.4) is 0 Å². The van der Waals surface area contributed by atoms with Crippen molar-refractivity contribution in [1.29, 1.82) is 0 Å². The highest BCUT2D eigenvalue weighted by Crippen LogP contribution is 2.33. The first-order valence-electron chi connectivity index (χ1n) is 5.05. The van der Waals surface area contributed by atoms with Crippen LogP contribution in [0.25, 0.3) is 0 Å². The molecule has 1 atom stereocenters. The van der Waals surface area contributed by atoms with E-state index in [0.717, 1.165) is 10.4 Å². The van der Waals surface area contributed by atoms with Gasteiger partial charge >= 0.3 is 0 Å². The van der Waals surface area contributed by atoms with Crippen LogP contribution in [-0.2, 0) is 12.0 Å². The number of halogens is 2. The summed E-state index contributed by atoms with van der Waals surface area (Å²) in [6.45, 7) is 1.73. The third-order valence-corrected chi connectivity index (χ3v) is 4.42. The molecular formula is C12H11BrFNOS. The molecule has 0 aliphatic rings. The molecular weight excluding hydrogens is 305 g/mol. The van der Waals surface area contributed by atoms with Crippen LogP contribution in [0.15, 0.2) is 34.4 Å². The van der Waals surface area contributed by atoms with E-state index in [1.54, 1.807) is 24.6 Å². The second kappa shape index (κ2) is 4.84. The van der Waals surface area contributed by atoms with Gasteiger partial charge in [0.2, 0.25) is 0 Å². The minimum absolute atomic E-state index is 0.271. The highest BCUT2D eigenvalue weighted by molar-refractivity contribution is 9.10. The highest BCUT2D eigenvalue weighted by Gasteiger charge is 2.28. The molecule has 2 aromatic rings. The van der Waals surface area contributed by atoms with Crippen LogP contribution in [0.4, 0.5) is 4.39 Å². The predicted octanol–water partition coefficient (Wildman–Crippen LogP) is 3.49. The molecule has 5 heteroatoms. The molecule has 0 aliphatic heterocycles. The monoisotopic (exact) mass is 315 g/mol. The van der Waals surface area contributed by atoms with Gasteiger partial charge in [-0.15, -0.1) is 11.3 Å². The van der Waals surface area contributed by atoms with Gasteiger partial charge in [-0.05, 0) is 40.5 Å². The molecule has 0 saturated carbocycles. The van der Waals surface area contributed by atoms with E-state index < -0.39 is 5.60 Å². The van der Waals surface area contributed by atoms with E-state index in [4.69, 9.17) is 0 Å². The van der Waals surface area contributed by atoms with Gasteiger partial charge < -0.3 is 5.11 Å². The maximum Gasteiger partial charge on any atom is 0.123 e. The molecule has 1 aromatic heterocycles. The van der Waals surface area contributed by atoms with Crippen molar-refractivity contribution in [2.45, 2.75) is 18.9 Å². The molecule has 1 N–H and O–H groups in total. The second-order valence-corrected chi connectivity index (χ2v) is 5.66. The standard InChI is InChI=1S/C12H11BrFNOS/c1-12(16,10-11(13)15-7-17-10)6-8-2-4-9(14)5-3-8/h2-5,7,16H,6H2,1H3. The molecule has 0 aliphatic carbocycles. The van der Waals surface area contributed by atoms with Gasteiger partial charge in [-0.3, -0.25) is 0 Å². The molecule has 0 spiro atoms. The summed E-state index contributed by atoms with van der Waals surface area (Å²) in [6, 6.07) is 6.15. The lowest BCUT2D eigenvalue weighted by atomic mass is 9.95. The van der Waals surface area contributed by atoms with Crippen LogP contribution in [0, 0.1) is 5.82 Å². The topological polar surface area (TPSA) is 33.1 Å². The Morgan fingerprint density at radius 2 is 2.06 bits per heavy atom. The summed E-state index contributed by atoms with van der Waals surface area (Å²) < 4.78 is 13.4. The van der Waals surface area contributed by atoms with Gasteiger partial charge in [0.15, 0.2) is 0 Å². The van der Waals surface area contributed by atoms with Crippen LogP contribution in [-0.4, -0.2) is 10.1 Å². The third-order valence-electron chi connectivity index (χ3n) is 2.47. The third kappa shape index (κ3) is 2.91. The van der Waals surface area contributed by atoms with Crippen molar-refractivity contribution < 1.29 is 9.50 Å². The van der Waals surface area contributed by atoms with E-state index in [0.29, 0.717) is 11.0 Å². The maximum atomic E-state index is 12.8. The lowest BCUT2D eigenvalue weighted by Gasteiger charge is -2.22. The molecule has 1 heterocycles. The zero-order valence-electron chi connectivity index (χ0n) is 9.15. The normalized spacial score (nSPS) is 14.6. The average molecular weight is 316 g/mol. The van der Waals surface area contributed by atoms with Gasteiger partial charge in [-0.2, -0.15) is 0 Å². The van der Waals surface area contributed by atoms with Crippen LogP contribution in [0.2, 0.25) is 0 Å². The largest absolute Gasteiger partial charge is 0.384 e. The van der Waals surface area contributed by atoms with Crippen molar-refractivity contribution in [2.75, 3.05) is 0 Å². The number of hydrogen-bond acceptors (Lipinski definition) is 3. The Morgan fingerprint density at radius 3 is 2.59 bits per heavy atom. The van der Waals surface area contributed by atoms with Crippen molar-refractivity contribution in [2.24, 2.45) is 0 Å². The van der Waals surface area contributed by atoms with Crippen LogP contribution < -0.4 is 0 Å². The number of nitrogens with zero attached hydrogens (tertiary/aromatic N) is 1. The molecule has 0 fully saturated rings. The minimum atomic E-state index is -1.00. The van der Waals surface area contributed by atoms with Crippen molar-refractivity contribution in [3.05, 3.63) is 50.6 Å². The van der Waals surface area contributed by atoms with Crippen LogP contribution in [0.1, 0.15) is 17.4 Å². The fraction of sp³-hybridized carbons (Fsp3) is 0.250. The van der Waals surface area contributed by atoms with Gasteiger partial charge in [0, 0.05) is 6.42 Å². The van der Waals surface area contributed by atoms with Crippen molar-refractivity contribution in [3.63, 3.8) is 0 Å².